The summed E-state index contributed by atoms with van der Waals surface area (Å²) in [7, 11) is 0. The molecule has 0 saturated heterocycles. The van der Waals surface area contributed by atoms with E-state index in [4.69, 9.17) is 11.6 Å². The number of hydrogen-bond acceptors (Lipinski definition) is 1. The van der Waals surface area contributed by atoms with Crippen LogP contribution in [0.25, 0.3) is 0 Å². The summed E-state index contributed by atoms with van der Waals surface area (Å²) in [5.41, 5.74) is -0.133. The first kappa shape index (κ1) is 12.6. The van der Waals surface area contributed by atoms with Crippen molar-refractivity contribution in [3.05, 3.63) is 34.3 Å². The minimum Gasteiger partial charge on any atom is -0.294 e. The average molecular weight is 298 g/mol. The first-order valence-electron chi connectivity index (χ1n) is 4.23. The van der Waals surface area contributed by atoms with E-state index >= 15 is 0 Å². The second-order valence-corrected chi connectivity index (χ2v) is 4.04. The molecule has 0 amide bonds. The van der Waals surface area contributed by atoms with Crippen molar-refractivity contribution in [1.29, 1.82) is 0 Å². The maximum atomic E-state index is 12.5. The third kappa shape index (κ3) is 2.98. The zero-order valence-corrected chi connectivity index (χ0v) is 9.99. The number of halogens is 4. The quantitative estimate of drug-likeness (QED) is 0.600. The fourth-order valence-corrected chi connectivity index (χ4v) is 1.83. The Bertz CT molecular complexity index is 368. The lowest BCUT2D eigenvalue weighted by Crippen LogP contribution is -2.02. The van der Waals surface area contributed by atoms with E-state index in [-0.39, 0.29) is 28.4 Å². The van der Waals surface area contributed by atoms with Gasteiger partial charge in [-0.2, -0.15) is 0 Å². The molecule has 0 aliphatic carbocycles. The van der Waals surface area contributed by atoms with Crippen molar-refractivity contribution in [3.8, 4) is 0 Å². The largest absolute Gasteiger partial charge is 0.294 e. The predicted molar refractivity (Wildman–Crippen MR) is 59.2 cm³/mol. The summed E-state index contributed by atoms with van der Waals surface area (Å²) in [4.78, 5) is 11.5. The Morgan fingerprint density at radius 2 is 2.13 bits per heavy atom. The molecular formula is C10H8BrClF2O. The number of carbonyl (C=O) groups excluding carboxylic acids is 1. The second kappa shape index (κ2) is 5.56. The molecule has 1 aromatic carbocycles. The number of hydrogen-bond donors (Lipinski definition) is 0. The molecular weight excluding hydrogens is 289 g/mol. The molecule has 0 heterocycles. The van der Waals surface area contributed by atoms with Gasteiger partial charge in [-0.15, -0.1) is 0 Å². The molecule has 0 spiro atoms. The van der Waals surface area contributed by atoms with Crippen LogP contribution in [-0.2, 0) is 0 Å². The van der Waals surface area contributed by atoms with Gasteiger partial charge in [-0.05, 0) is 6.07 Å². The average Bonchev–Trinajstić information content (AvgIpc) is 2.17. The molecule has 0 saturated carbocycles. The van der Waals surface area contributed by atoms with E-state index in [2.05, 4.69) is 15.9 Å². The van der Waals surface area contributed by atoms with Crippen molar-refractivity contribution in [3.63, 3.8) is 0 Å². The first-order valence-corrected chi connectivity index (χ1v) is 5.73. The highest BCUT2D eigenvalue weighted by Crippen LogP contribution is 2.30. The topological polar surface area (TPSA) is 17.1 Å². The smallest absolute Gasteiger partial charge is 0.265 e. The lowest BCUT2D eigenvalue weighted by molar-refractivity contribution is 0.0989. The van der Waals surface area contributed by atoms with Crippen molar-refractivity contribution in [1.82, 2.24) is 0 Å². The molecule has 0 fully saturated rings. The molecule has 1 rings (SSSR count). The van der Waals surface area contributed by atoms with E-state index in [9.17, 15) is 13.6 Å². The van der Waals surface area contributed by atoms with Crippen LogP contribution in [0.5, 0.6) is 0 Å². The lowest BCUT2D eigenvalue weighted by atomic mass is 10.1. The highest BCUT2D eigenvalue weighted by atomic mass is 79.9. The monoisotopic (exact) mass is 296 g/mol. The third-order valence-electron chi connectivity index (χ3n) is 1.89. The zero-order chi connectivity index (χ0) is 11.4. The van der Waals surface area contributed by atoms with E-state index in [0.29, 0.717) is 5.33 Å². The molecule has 0 radical (unpaired) electrons. The van der Waals surface area contributed by atoms with Gasteiger partial charge in [0.15, 0.2) is 5.78 Å². The van der Waals surface area contributed by atoms with Crippen molar-refractivity contribution in [2.45, 2.75) is 12.8 Å². The molecule has 0 bridgehead atoms. The van der Waals surface area contributed by atoms with Crippen LogP contribution in [-0.4, -0.2) is 11.1 Å². The van der Waals surface area contributed by atoms with Crippen LogP contribution in [0, 0.1) is 0 Å². The van der Waals surface area contributed by atoms with Gasteiger partial charge in [-0.1, -0.05) is 39.7 Å². The lowest BCUT2D eigenvalue weighted by Gasteiger charge is -2.07. The number of alkyl halides is 3. The molecule has 0 atom stereocenters. The van der Waals surface area contributed by atoms with Gasteiger partial charge in [-0.25, -0.2) is 8.78 Å². The maximum absolute atomic E-state index is 12.5. The maximum Gasteiger partial charge on any atom is 0.265 e. The van der Waals surface area contributed by atoms with E-state index in [0.717, 1.165) is 0 Å². The van der Waals surface area contributed by atoms with Gasteiger partial charge in [0, 0.05) is 22.9 Å². The Hall–Kier alpha value is -0.480. The fourth-order valence-electron chi connectivity index (χ4n) is 1.15. The Morgan fingerprint density at radius 3 is 2.67 bits per heavy atom. The van der Waals surface area contributed by atoms with E-state index in [1.54, 1.807) is 0 Å². The van der Waals surface area contributed by atoms with Crippen molar-refractivity contribution < 1.29 is 13.6 Å². The summed E-state index contributed by atoms with van der Waals surface area (Å²) in [6.07, 6.45) is -2.42. The molecule has 0 aromatic heterocycles. The van der Waals surface area contributed by atoms with Crippen molar-refractivity contribution in [2.24, 2.45) is 0 Å². The van der Waals surface area contributed by atoms with Crippen LogP contribution < -0.4 is 0 Å². The van der Waals surface area contributed by atoms with Gasteiger partial charge in [0.05, 0.1) is 5.02 Å². The molecule has 1 nitrogen and oxygen atoms in total. The Morgan fingerprint density at radius 1 is 1.47 bits per heavy atom. The standard InChI is InChI=1S/C10H8BrClF2O/c11-5-4-8(15)6-2-1-3-7(9(6)12)10(13)14/h1-3,10H,4-5H2. The fraction of sp³-hybridized carbons (Fsp3) is 0.300. The van der Waals surface area contributed by atoms with Crippen LogP contribution in [0.1, 0.15) is 28.8 Å². The van der Waals surface area contributed by atoms with Gasteiger partial charge in [0.1, 0.15) is 0 Å². The number of ketones is 1. The highest BCUT2D eigenvalue weighted by Gasteiger charge is 2.17. The number of carbonyl (C=O) groups is 1. The van der Waals surface area contributed by atoms with Gasteiger partial charge in [0.2, 0.25) is 0 Å². The third-order valence-corrected chi connectivity index (χ3v) is 2.70. The number of Topliss-reactive ketones (excluding diaryl/α,β-unsaturated/α-hetero) is 1. The van der Waals surface area contributed by atoms with E-state index in [1.807, 2.05) is 0 Å². The number of benzene rings is 1. The molecule has 1 aromatic rings. The molecule has 0 aliphatic heterocycles. The molecule has 15 heavy (non-hydrogen) atoms. The van der Waals surface area contributed by atoms with Crippen LogP contribution >= 0.6 is 27.5 Å². The Labute approximate surface area is 99.6 Å². The summed E-state index contributed by atoms with van der Waals surface area (Å²) < 4.78 is 24.9. The molecule has 5 heteroatoms. The van der Waals surface area contributed by atoms with Crippen LogP contribution in [0.3, 0.4) is 0 Å². The SMILES string of the molecule is O=C(CCBr)c1cccc(C(F)F)c1Cl. The van der Waals surface area contributed by atoms with Crippen LogP contribution in [0.4, 0.5) is 8.78 Å². The first-order chi connectivity index (χ1) is 7.07. The van der Waals surface area contributed by atoms with Gasteiger partial charge in [0.25, 0.3) is 6.43 Å². The molecule has 0 aliphatic rings. The van der Waals surface area contributed by atoms with Crippen molar-refractivity contribution >= 4 is 33.3 Å². The van der Waals surface area contributed by atoms with Gasteiger partial charge >= 0.3 is 0 Å². The zero-order valence-electron chi connectivity index (χ0n) is 7.64. The molecule has 0 N–H and O–H groups in total. The number of rotatable bonds is 4. The summed E-state index contributed by atoms with van der Waals surface area (Å²) in [6, 6.07) is 4.09. The van der Waals surface area contributed by atoms with E-state index in [1.165, 1.54) is 18.2 Å². The molecule has 0 unspecified atom stereocenters. The van der Waals surface area contributed by atoms with Gasteiger partial charge in [-0.3, -0.25) is 4.79 Å². The summed E-state index contributed by atoms with van der Waals surface area (Å²) in [6.45, 7) is 0. The Balaban J connectivity index is 3.09. The summed E-state index contributed by atoms with van der Waals surface area (Å²) in [5, 5.41) is 0.347. The summed E-state index contributed by atoms with van der Waals surface area (Å²) >= 11 is 8.83. The van der Waals surface area contributed by atoms with Crippen LogP contribution in [0.2, 0.25) is 5.02 Å². The van der Waals surface area contributed by atoms with Crippen LogP contribution in [0.15, 0.2) is 18.2 Å². The van der Waals surface area contributed by atoms with Crippen molar-refractivity contribution in [2.75, 3.05) is 5.33 Å². The second-order valence-electron chi connectivity index (χ2n) is 2.87. The highest BCUT2D eigenvalue weighted by molar-refractivity contribution is 9.09. The predicted octanol–water partition coefficient (Wildman–Crippen LogP) is 4.25. The van der Waals surface area contributed by atoms with E-state index < -0.39 is 6.43 Å². The Kier molecular flexibility index (Phi) is 4.67. The normalized spacial score (nSPS) is 10.7. The molecule has 82 valence electrons. The minimum absolute atomic E-state index is 0.140. The summed E-state index contributed by atoms with van der Waals surface area (Å²) in [5.74, 6) is -0.237. The van der Waals surface area contributed by atoms with Gasteiger partial charge < -0.3 is 0 Å². The minimum atomic E-state index is -2.66.